The Morgan fingerprint density at radius 1 is 0.696 bits per heavy atom. The lowest BCUT2D eigenvalue weighted by Crippen LogP contribution is -2.23. The van der Waals surface area contributed by atoms with E-state index in [1.54, 1.807) is 0 Å². The third kappa shape index (κ3) is 4.54. The summed E-state index contributed by atoms with van der Waals surface area (Å²) in [6.45, 7) is 3.01. The molecule has 1 heteroatoms. The molecule has 0 aromatic heterocycles. The lowest BCUT2D eigenvalue weighted by atomic mass is 9.98. The quantitative estimate of drug-likeness (QED) is 0.670. The predicted octanol–water partition coefficient (Wildman–Crippen LogP) is 5.07. The van der Waals surface area contributed by atoms with Crippen LogP contribution in [0.15, 0.2) is 84.9 Å². The Labute approximate surface area is 139 Å². The molecule has 0 spiro atoms. The Kier molecular flexibility index (Phi) is 5.23. The first-order valence-electron chi connectivity index (χ1n) is 8.19. The van der Waals surface area contributed by atoms with E-state index in [0.29, 0.717) is 6.04 Å². The highest BCUT2D eigenvalue weighted by atomic mass is 14.9. The largest absolute Gasteiger partial charge is 0.306 e. The molecule has 3 rings (SSSR count). The monoisotopic (exact) mass is 301 g/mol. The first-order chi connectivity index (χ1) is 11.3. The molecule has 0 fully saturated rings. The molecule has 0 heterocycles. The fourth-order valence-electron chi connectivity index (χ4n) is 2.79. The van der Waals surface area contributed by atoms with Crippen LogP contribution < -0.4 is 5.32 Å². The van der Waals surface area contributed by atoms with Gasteiger partial charge in [0, 0.05) is 12.6 Å². The van der Waals surface area contributed by atoms with Gasteiger partial charge >= 0.3 is 0 Å². The number of rotatable bonds is 6. The summed E-state index contributed by atoms with van der Waals surface area (Å²) in [5, 5.41) is 3.72. The standard InChI is InChI=1S/C22H23N/c1-18-12-14-19(15-13-18)16-22(21-10-6-3-7-11-21)23-17-20-8-4-2-5-9-20/h2-15,22-23H,16-17H2,1H3. The lowest BCUT2D eigenvalue weighted by molar-refractivity contribution is 0.530. The Morgan fingerprint density at radius 2 is 1.30 bits per heavy atom. The highest BCUT2D eigenvalue weighted by Gasteiger charge is 2.11. The van der Waals surface area contributed by atoms with Gasteiger partial charge in [-0.1, -0.05) is 90.5 Å². The van der Waals surface area contributed by atoms with E-state index in [4.69, 9.17) is 0 Å². The molecule has 0 saturated carbocycles. The second-order valence-corrected chi connectivity index (χ2v) is 6.02. The van der Waals surface area contributed by atoms with Gasteiger partial charge in [0.1, 0.15) is 0 Å². The van der Waals surface area contributed by atoms with Crippen molar-refractivity contribution in [1.82, 2.24) is 5.32 Å². The van der Waals surface area contributed by atoms with Gasteiger partial charge in [-0.3, -0.25) is 0 Å². The number of aryl methyl sites for hydroxylation is 1. The number of benzene rings is 3. The summed E-state index contributed by atoms with van der Waals surface area (Å²) in [7, 11) is 0. The van der Waals surface area contributed by atoms with Gasteiger partial charge in [-0.15, -0.1) is 0 Å². The highest BCUT2D eigenvalue weighted by molar-refractivity contribution is 5.26. The van der Waals surface area contributed by atoms with Gasteiger partial charge in [0.05, 0.1) is 0 Å². The topological polar surface area (TPSA) is 12.0 Å². The second-order valence-electron chi connectivity index (χ2n) is 6.02. The van der Waals surface area contributed by atoms with Crippen molar-refractivity contribution in [1.29, 1.82) is 0 Å². The van der Waals surface area contributed by atoms with Gasteiger partial charge < -0.3 is 5.32 Å². The molecule has 3 aromatic carbocycles. The molecule has 0 aliphatic heterocycles. The summed E-state index contributed by atoms with van der Waals surface area (Å²) in [5.41, 5.74) is 5.33. The smallest absolute Gasteiger partial charge is 0.0363 e. The number of nitrogens with one attached hydrogen (secondary N) is 1. The van der Waals surface area contributed by atoms with Gasteiger partial charge in [0.2, 0.25) is 0 Å². The molecule has 0 bridgehead atoms. The maximum Gasteiger partial charge on any atom is 0.0363 e. The van der Waals surface area contributed by atoms with Crippen molar-refractivity contribution in [3.05, 3.63) is 107 Å². The first kappa shape index (κ1) is 15.5. The summed E-state index contributed by atoms with van der Waals surface area (Å²) in [4.78, 5) is 0. The van der Waals surface area contributed by atoms with Crippen molar-refractivity contribution in [2.75, 3.05) is 0 Å². The van der Waals surface area contributed by atoms with Crippen LogP contribution in [0.3, 0.4) is 0 Å². The molecule has 3 aromatic rings. The van der Waals surface area contributed by atoms with Crippen LogP contribution >= 0.6 is 0 Å². The zero-order valence-corrected chi connectivity index (χ0v) is 13.6. The molecule has 0 saturated heterocycles. The van der Waals surface area contributed by atoms with E-state index in [1.165, 1.54) is 22.3 Å². The van der Waals surface area contributed by atoms with Crippen molar-refractivity contribution in [2.24, 2.45) is 0 Å². The van der Waals surface area contributed by atoms with Crippen LogP contribution in [0.1, 0.15) is 28.3 Å². The molecule has 116 valence electrons. The van der Waals surface area contributed by atoms with E-state index < -0.39 is 0 Å². The van der Waals surface area contributed by atoms with Gasteiger partial charge in [-0.05, 0) is 30.0 Å². The van der Waals surface area contributed by atoms with Crippen LogP contribution in [0.4, 0.5) is 0 Å². The fraction of sp³-hybridized carbons (Fsp3) is 0.182. The maximum atomic E-state index is 3.72. The summed E-state index contributed by atoms with van der Waals surface area (Å²) < 4.78 is 0. The molecular formula is C22H23N. The third-order valence-corrected chi connectivity index (χ3v) is 4.16. The Bertz CT molecular complexity index is 702. The molecule has 23 heavy (non-hydrogen) atoms. The molecule has 1 N–H and O–H groups in total. The summed E-state index contributed by atoms with van der Waals surface area (Å²) in [6, 6.07) is 30.4. The average Bonchev–Trinajstić information content (AvgIpc) is 2.62. The van der Waals surface area contributed by atoms with E-state index in [9.17, 15) is 0 Å². The Balaban J connectivity index is 1.75. The molecule has 0 aliphatic carbocycles. The van der Waals surface area contributed by atoms with Gasteiger partial charge in [-0.2, -0.15) is 0 Å². The maximum absolute atomic E-state index is 3.72. The number of hydrogen-bond donors (Lipinski definition) is 1. The van der Waals surface area contributed by atoms with E-state index in [-0.39, 0.29) is 0 Å². The van der Waals surface area contributed by atoms with Gasteiger partial charge in [-0.25, -0.2) is 0 Å². The molecule has 0 aliphatic rings. The van der Waals surface area contributed by atoms with Crippen LogP contribution in [0, 0.1) is 6.92 Å². The van der Waals surface area contributed by atoms with Crippen molar-refractivity contribution in [3.8, 4) is 0 Å². The molecular weight excluding hydrogens is 278 g/mol. The fourth-order valence-corrected chi connectivity index (χ4v) is 2.79. The van der Waals surface area contributed by atoms with Crippen LogP contribution in [0.25, 0.3) is 0 Å². The minimum Gasteiger partial charge on any atom is -0.306 e. The normalized spacial score (nSPS) is 12.0. The molecule has 0 amide bonds. The van der Waals surface area contributed by atoms with Crippen LogP contribution in [0.2, 0.25) is 0 Å². The summed E-state index contributed by atoms with van der Waals surface area (Å²) in [6.07, 6.45) is 0.997. The van der Waals surface area contributed by atoms with E-state index >= 15 is 0 Å². The average molecular weight is 301 g/mol. The lowest BCUT2D eigenvalue weighted by Gasteiger charge is -2.20. The molecule has 1 atom stereocenters. The predicted molar refractivity (Wildman–Crippen MR) is 97.3 cm³/mol. The third-order valence-electron chi connectivity index (χ3n) is 4.16. The van der Waals surface area contributed by atoms with E-state index in [1.807, 2.05) is 0 Å². The van der Waals surface area contributed by atoms with Crippen molar-refractivity contribution < 1.29 is 0 Å². The van der Waals surface area contributed by atoms with Crippen molar-refractivity contribution >= 4 is 0 Å². The second kappa shape index (κ2) is 7.75. The van der Waals surface area contributed by atoms with Crippen LogP contribution in [-0.4, -0.2) is 0 Å². The zero-order chi connectivity index (χ0) is 15.9. The highest BCUT2D eigenvalue weighted by Crippen LogP contribution is 2.19. The zero-order valence-electron chi connectivity index (χ0n) is 13.6. The van der Waals surface area contributed by atoms with E-state index in [2.05, 4.69) is 97.2 Å². The van der Waals surface area contributed by atoms with Crippen molar-refractivity contribution in [2.45, 2.75) is 25.9 Å². The minimum atomic E-state index is 0.319. The van der Waals surface area contributed by atoms with Crippen LogP contribution in [0.5, 0.6) is 0 Å². The van der Waals surface area contributed by atoms with E-state index in [0.717, 1.165) is 13.0 Å². The molecule has 1 nitrogen and oxygen atoms in total. The Hall–Kier alpha value is -2.38. The SMILES string of the molecule is Cc1ccc(CC(NCc2ccccc2)c2ccccc2)cc1. The minimum absolute atomic E-state index is 0.319. The molecule has 0 radical (unpaired) electrons. The van der Waals surface area contributed by atoms with Crippen LogP contribution in [-0.2, 0) is 13.0 Å². The summed E-state index contributed by atoms with van der Waals surface area (Å²) in [5.74, 6) is 0. The Morgan fingerprint density at radius 3 is 1.96 bits per heavy atom. The first-order valence-corrected chi connectivity index (χ1v) is 8.19. The summed E-state index contributed by atoms with van der Waals surface area (Å²) >= 11 is 0. The van der Waals surface area contributed by atoms with Crippen molar-refractivity contribution in [3.63, 3.8) is 0 Å². The van der Waals surface area contributed by atoms with Gasteiger partial charge in [0.25, 0.3) is 0 Å². The number of hydrogen-bond acceptors (Lipinski definition) is 1. The molecule has 1 unspecified atom stereocenters. The van der Waals surface area contributed by atoms with Gasteiger partial charge in [0.15, 0.2) is 0 Å².